The third-order valence-corrected chi connectivity index (χ3v) is 1.19. The van der Waals surface area contributed by atoms with E-state index >= 15 is 0 Å². The molecule has 0 amide bonds. The molecule has 0 rings (SSSR count). The highest BCUT2D eigenvalue weighted by molar-refractivity contribution is 7.80. The summed E-state index contributed by atoms with van der Waals surface area (Å²) in [5.74, 6) is 0. The van der Waals surface area contributed by atoms with Crippen molar-refractivity contribution in [2.24, 2.45) is 0 Å². The third-order valence-electron chi connectivity index (χ3n) is 0.730. The van der Waals surface area contributed by atoms with Crippen molar-refractivity contribution in [3.63, 3.8) is 0 Å². The minimum absolute atomic E-state index is 0.0648. The van der Waals surface area contributed by atoms with E-state index in [9.17, 15) is 8.42 Å². The SMILES string of the molecule is CCCCOS(=O)(=O)O.COC. The molecule has 0 radical (unpaired) electrons. The standard InChI is InChI=1S/C4H10O4S.C2H6O/c1-2-3-4-8-9(5,6)7;1-3-2/h2-4H2,1H3,(H,5,6,7);1-2H3. The smallest absolute Gasteiger partial charge is 0.388 e. The summed E-state index contributed by atoms with van der Waals surface area (Å²) in [6, 6.07) is 0. The van der Waals surface area contributed by atoms with Crippen LogP contribution in [0.4, 0.5) is 0 Å². The van der Waals surface area contributed by atoms with Crippen LogP contribution >= 0.6 is 0 Å². The van der Waals surface area contributed by atoms with E-state index in [4.69, 9.17) is 4.55 Å². The van der Waals surface area contributed by atoms with Crippen LogP contribution in [0.15, 0.2) is 0 Å². The van der Waals surface area contributed by atoms with Crippen LogP contribution in [0.25, 0.3) is 0 Å². The summed E-state index contributed by atoms with van der Waals surface area (Å²) in [5, 5.41) is 0. The van der Waals surface area contributed by atoms with E-state index in [1.165, 1.54) is 0 Å². The summed E-state index contributed by atoms with van der Waals surface area (Å²) in [6.45, 7) is 1.96. The van der Waals surface area contributed by atoms with Crippen molar-refractivity contribution >= 4 is 10.4 Å². The van der Waals surface area contributed by atoms with Crippen molar-refractivity contribution in [1.29, 1.82) is 0 Å². The van der Waals surface area contributed by atoms with Crippen molar-refractivity contribution in [1.82, 2.24) is 0 Å². The average Bonchev–Trinajstić information content (AvgIpc) is 1.87. The van der Waals surface area contributed by atoms with Crippen LogP contribution in [0.1, 0.15) is 19.8 Å². The molecule has 6 heteroatoms. The first kappa shape index (κ1) is 14.4. The molecule has 0 saturated carbocycles. The maximum Gasteiger partial charge on any atom is 0.397 e. The topological polar surface area (TPSA) is 72.8 Å². The van der Waals surface area contributed by atoms with Gasteiger partial charge in [0, 0.05) is 14.2 Å². The zero-order valence-electron chi connectivity index (χ0n) is 7.61. The van der Waals surface area contributed by atoms with Crippen LogP contribution in [0.2, 0.25) is 0 Å². The molecule has 0 aliphatic heterocycles. The normalized spacial score (nSPS) is 10.3. The second-order valence-electron chi connectivity index (χ2n) is 2.01. The lowest BCUT2D eigenvalue weighted by atomic mass is 10.4. The van der Waals surface area contributed by atoms with Crippen molar-refractivity contribution in [3.8, 4) is 0 Å². The third kappa shape index (κ3) is 22.5. The monoisotopic (exact) mass is 200 g/mol. The molecule has 1 N–H and O–H groups in total. The summed E-state index contributed by atoms with van der Waals surface area (Å²) in [7, 11) is -0.946. The summed E-state index contributed by atoms with van der Waals surface area (Å²) in [4.78, 5) is 0. The first-order valence-electron chi connectivity index (χ1n) is 3.49. The Hall–Kier alpha value is -0.170. The molecule has 0 atom stereocenters. The Morgan fingerprint density at radius 2 is 1.75 bits per heavy atom. The fourth-order valence-electron chi connectivity index (χ4n) is 0.309. The minimum atomic E-state index is -4.20. The van der Waals surface area contributed by atoms with E-state index in [-0.39, 0.29) is 6.61 Å². The van der Waals surface area contributed by atoms with Gasteiger partial charge in [-0.1, -0.05) is 13.3 Å². The van der Waals surface area contributed by atoms with Crippen LogP contribution in [0.5, 0.6) is 0 Å². The Morgan fingerprint density at radius 1 is 1.33 bits per heavy atom. The van der Waals surface area contributed by atoms with E-state index in [2.05, 4.69) is 8.92 Å². The van der Waals surface area contributed by atoms with Crippen molar-refractivity contribution < 1.29 is 21.9 Å². The highest BCUT2D eigenvalue weighted by Gasteiger charge is 2.00. The largest absolute Gasteiger partial charge is 0.397 e. The highest BCUT2D eigenvalue weighted by atomic mass is 32.3. The van der Waals surface area contributed by atoms with Gasteiger partial charge >= 0.3 is 10.4 Å². The van der Waals surface area contributed by atoms with E-state index in [0.717, 1.165) is 6.42 Å². The molecule has 0 bridgehead atoms. The number of rotatable bonds is 4. The maximum absolute atomic E-state index is 9.84. The molecule has 0 spiro atoms. The number of ether oxygens (including phenoxy) is 1. The molecule has 76 valence electrons. The average molecular weight is 200 g/mol. The predicted molar refractivity (Wildman–Crippen MR) is 45.3 cm³/mol. The van der Waals surface area contributed by atoms with E-state index in [1.54, 1.807) is 14.2 Å². The molecular formula is C6H16O5S. The molecule has 0 aromatic rings. The van der Waals surface area contributed by atoms with Gasteiger partial charge in [0.1, 0.15) is 0 Å². The summed E-state index contributed by atoms with van der Waals surface area (Å²) < 4.78 is 35.9. The second kappa shape index (κ2) is 8.92. The van der Waals surface area contributed by atoms with E-state index < -0.39 is 10.4 Å². The molecule has 0 aromatic carbocycles. The first-order chi connectivity index (χ1) is 5.47. The number of methoxy groups -OCH3 is 1. The van der Waals surface area contributed by atoms with Crippen molar-refractivity contribution in [2.75, 3.05) is 20.8 Å². The number of hydrogen-bond donors (Lipinski definition) is 1. The fourth-order valence-corrected chi connectivity index (χ4v) is 0.637. The Morgan fingerprint density at radius 3 is 2.00 bits per heavy atom. The van der Waals surface area contributed by atoms with Gasteiger partial charge in [-0.2, -0.15) is 8.42 Å². The van der Waals surface area contributed by atoms with Gasteiger partial charge in [0.15, 0.2) is 0 Å². The molecule has 0 aromatic heterocycles. The molecule has 0 aliphatic rings. The molecule has 0 aliphatic carbocycles. The predicted octanol–water partition coefficient (Wildman–Crippen LogP) is 0.869. The lowest BCUT2D eigenvalue weighted by molar-refractivity contribution is 0.264. The molecule has 5 nitrogen and oxygen atoms in total. The Labute approximate surface area is 73.6 Å². The zero-order chi connectivity index (χ0) is 10.0. The molecule has 12 heavy (non-hydrogen) atoms. The van der Waals surface area contributed by atoms with Gasteiger partial charge in [-0.05, 0) is 6.42 Å². The van der Waals surface area contributed by atoms with Crippen LogP contribution in [0.3, 0.4) is 0 Å². The lowest BCUT2D eigenvalue weighted by Gasteiger charge is -1.95. The van der Waals surface area contributed by atoms with Gasteiger partial charge in [-0.15, -0.1) is 0 Å². The highest BCUT2D eigenvalue weighted by Crippen LogP contribution is 1.91. The molecule has 0 fully saturated rings. The van der Waals surface area contributed by atoms with Crippen molar-refractivity contribution in [2.45, 2.75) is 19.8 Å². The van der Waals surface area contributed by atoms with E-state index in [0.29, 0.717) is 6.42 Å². The molecule has 0 heterocycles. The zero-order valence-corrected chi connectivity index (χ0v) is 8.43. The van der Waals surface area contributed by atoms with Gasteiger partial charge < -0.3 is 4.74 Å². The van der Waals surface area contributed by atoms with E-state index in [1.807, 2.05) is 6.92 Å². The Balaban J connectivity index is 0. The quantitative estimate of drug-likeness (QED) is 0.538. The summed E-state index contributed by atoms with van der Waals surface area (Å²) in [6.07, 6.45) is 1.48. The second-order valence-corrected chi connectivity index (χ2v) is 3.10. The summed E-state index contributed by atoms with van der Waals surface area (Å²) >= 11 is 0. The Kier molecular flexibility index (Phi) is 10.7. The van der Waals surface area contributed by atoms with Gasteiger partial charge in [-0.3, -0.25) is 4.55 Å². The molecule has 0 unspecified atom stereocenters. The fraction of sp³-hybridized carbons (Fsp3) is 1.00. The van der Waals surface area contributed by atoms with Crippen LogP contribution < -0.4 is 0 Å². The van der Waals surface area contributed by atoms with Gasteiger partial charge in [0.25, 0.3) is 0 Å². The van der Waals surface area contributed by atoms with Crippen LogP contribution in [-0.2, 0) is 19.3 Å². The maximum atomic E-state index is 9.84. The minimum Gasteiger partial charge on any atom is -0.388 e. The Bertz CT molecular complexity index is 163. The summed E-state index contributed by atoms with van der Waals surface area (Å²) in [5.41, 5.74) is 0. The van der Waals surface area contributed by atoms with Crippen LogP contribution in [0, 0.1) is 0 Å². The first-order valence-corrected chi connectivity index (χ1v) is 4.86. The van der Waals surface area contributed by atoms with Gasteiger partial charge in [0.05, 0.1) is 6.61 Å². The van der Waals surface area contributed by atoms with Crippen molar-refractivity contribution in [3.05, 3.63) is 0 Å². The van der Waals surface area contributed by atoms with Crippen LogP contribution in [-0.4, -0.2) is 33.8 Å². The molecular weight excluding hydrogens is 184 g/mol. The van der Waals surface area contributed by atoms with Gasteiger partial charge in [0.2, 0.25) is 0 Å². The lowest BCUT2D eigenvalue weighted by Crippen LogP contribution is -2.04. The van der Waals surface area contributed by atoms with Gasteiger partial charge in [-0.25, -0.2) is 4.18 Å². The number of unbranched alkanes of at least 4 members (excludes halogenated alkanes) is 1. The number of hydrogen-bond acceptors (Lipinski definition) is 4. The molecule has 0 saturated heterocycles.